The molecule has 0 aromatic rings. The molecule has 1 saturated carbocycles. The smallest absolute Gasteiger partial charge is 0.0630 e. The molecule has 0 aromatic heterocycles. The maximum atomic E-state index is 9.50. The molecule has 1 aliphatic rings. The van der Waals surface area contributed by atoms with Crippen LogP contribution in [0.5, 0.6) is 0 Å². The van der Waals surface area contributed by atoms with Crippen LogP contribution in [0.15, 0.2) is 0 Å². The van der Waals surface area contributed by atoms with Crippen LogP contribution >= 0.6 is 0 Å². The Labute approximate surface area is 63.4 Å². The Morgan fingerprint density at radius 3 is 1.70 bits per heavy atom. The van der Waals surface area contributed by atoms with Crippen LogP contribution < -0.4 is 0 Å². The van der Waals surface area contributed by atoms with Crippen LogP contribution in [-0.2, 0) is 0 Å². The molecule has 0 radical (unpaired) electrons. The fourth-order valence-corrected chi connectivity index (χ4v) is 2.10. The van der Waals surface area contributed by atoms with E-state index in [0.29, 0.717) is 11.3 Å². The van der Waals surface area contributed by atoms with Gasteiger partial charge in [0.05, 0.1) is 5.60 Å². The molecule has 0 aliphatic heterocycles. The van der Waals surface area contributed by atoms with Gasteiger partial charge in [0.2, 0.25) is 0 Å². The van der Waals surface area contributed by atoms with E-state index < -0.39 is 0 Å². The second kappa shape index (κ2) is 1.97. The van der Waals surface area contributed by atoms with E-state index >= 15 is 0 Å². The van der Waals surface area contributed by atoms with Crippen LogP contribution in [0.4, 0.5) is 0 Å². The highest BCUT2D eigenvalue weighted by Gasteiger charge is 2.48. The van der Waals surface area contributed by atoms with E-state index in [0.717, 1.165) is 12.8 Å². The van der Waals surface area contributed by atoms with Gasteiger partial charge in [0.1, 0.15) is 0 Å². The molecule has 1 N–H and O–H groups in total. The second-order valence-electron chi connectivity index (χ2n) is 4.66. The van der Waals surface area contributed by atoms with Crippen molar-refractivity contribution in [1.29, 1.82) is 0 Å². The SMILES string of the molecule is CC(C)C1(C)CC(C)(O)C1. The van der Waals surface area contributed by atoms with Gasteiger partial charge in [0.15, 0.2) is 0 Å². The fraction of sp³-hybridized carbons (Fsp3) is 1.00. The molecule has 0 saturated heterocycles. The Morgan fingerprint density at radius 1 is 1.20 bits per heavy atom. The topological polar surface area (TPSA) is 20.2 Å². The fourth-order valence-electron chi connectivity index (χ4n) is 2.10. The molecule has 1 fully saturated rings. The molecule has 0 aromatic carbocycles. The summed E-state index contributed by atoms with van der Waals surface area (Å²) in [6.45, 7) is 8.65. The standard InChI is InChI=1S/C9H18O/c1-7(2)8(3)5-9(4,10)6-8/h7,10H,5-6H2,1-4H3. The summed E-state index contributed by atoms with van der Waals surface area (Å²) in [6, 6.07) is 0. The highest BCUT2D eigenvalue weighted by atomic mass is 16.3. The van der Waals surface area contributed by atoms with E-state index in [9.17, 15) is 5.11 Å². The summed E-state index contributed by atoms with van der Waals surface area (Å²) in [5.41, 5.74) is 0.0442. The lowest BCUT2D eigenvalue weighted by Gasteiger charge is -2.52. The highest BCUT2D eigenvalue weighted by molar-refractivity contribution is 5.00. The van der Waals surface area contributed by atoms with E-state index in [2.05, 4.69) is 20.8 Å². The summed E-state index contributed by atoms with van der Waals surface area (Å²) >= 11 is 0. The zero-order valence-electron chi connectivity index (χ0n) is 7.44. The molecule has 0 spiro atoms. The average molecular weight is 142 g/mol. The van der Waals surface area contributed by atoms with Gasteiger partial charge in [-0.1, -0.05) is 20.8 Å². The molecule has 0 heterocycles. The maximum Gasteiger partial charge on any atom is 0.0630 e. The first-order valence-electron chi connectivity index (χ1n) is 4.08. The third kappa shape index (κ3) is 1.20. The van der Waals surface area contributed by atoms with E-state index in [4.69, 9.17) is 0 Å². The number of hydrogen-bond acceptors (Lipinski definition) is 1. The van der Waals surface area contributed by atoms with Crippen molar-refractivity contribution in [2.45, 2.75) is 46.1 Å². The number of hydrogen-bond donors (Lipinski definition) is 1. The lowest BCUT2D eigenvalue weighted by Crippen LogP contribution is -2.50. The molecule has 0 unspecified atom stereocenters. The van der Waals surface area contributed by atoms with Crippen molar-refractivity contribution < 1.29 is 5.11 Å². The molecule has 60 valence electrons. The minimum absolute atomic E-state index is 0.362. The van der Waals surface area contributed by atoms with Gasteiger partial charge in [-0.05, 0) is 31.1 Å². The monoisotopic (exact) mass is 142 g/mol. The second-order valence-corrected chi connectivity index (χ2v) is 4.66. The van der Waals surface area contributed by atoms with Crippen LogP contribution in [0.2, 0.25) is 0 Å². The molecule has 1 nitrogen and oxygen atoms in total. The quantitative estimate of drug-likeness (QED) is 0.595. The van der Waals surface area contributed by atoms with Gasteiger partial charge in [0, 0.05) is 0 Å². The van der Waals surface area contributed by atoms with Crippen molar-refractivity contribution in [2.24, 2.45) is 11.3 Å². The van der Waals surface area contributed by atoms with Gasteiger partial charge >= 0.3 is 0 Å². The lowest BCUT2D eigenvalue weighted by atomic mass is 9.56. The summed E-state index contributed by atoms with van der Waals surface area (Å²) in [7, 11) is 0. The normalized spacial score (nSPS) is 47.4. The van der Waals surface area contributed by atoms with Crippen molar-refractivity contribution in [1.82, 2.24) is 0 Å². The van der Waals surface area contributed by atoms with Gasteiger partial charge in [0.25, 0.3) is 0 Å². The Bertz CT molecular complexity index is 128. The molecule has 10 heavy (non-hydrogen) atoms. The van der Waals surface area contributed by atoms with Crippen molar-refractivity contribution in [3.05, 3.63) is 0 Å². The predicted molar refractivity (Wildman–Crippen MR) is 42.8 cm³/mol. The molecule has 0 bridgehead atoms. The number of aliphatic hydroxyl groups is 1. The largest absolute Gasteiger partial charge is 0.390 e. The van der Waals surface area contributed by atoms with Crippen molar-refractivity contribution >= 4 is 0 Å². The van der Waals surface area contributed by atoms with Gasteiger partial charge in [-0.3, -0.25) is 0 Å². The van der Waals surface area contributed by atoms with Crippen molar-refractivity contribution in [2.75, 3.05) is 0 Å². The van der Waals surface area contributed by atoms with Crippen molar-refractivity contribution in [3.8, 4) is 0 Å². The van der Waals surface area contributed by atoms with Crippen LogP contribution in [0.3, 0.4) is 0 Å². The third-order valence-electron chi connectivity index (χ3n) is 2.96. The van der Waals surface area contributed by atoms with Crippen LogP contribution in [0.1, 0.15) is 40.5 Å². The van der Waals surface area contributed by atoms with E-state index in [1.54, 1.807) is 0 Å². The van der Waals surface area contributed by atoms with Gasteiger partial charge in [-0.25, -0.2) is 0 Å². The predicted octanol–water partition coefficient (Wildman–Crippen LogP) is 2.19. The van der Waals surface area contributed by atoms with Crippen molar-refractivity contribution in [3.63, 3.8) is 0 Å². The Morgan fingerprint density at radius 2 is 1.60 bits per heavy atom. The average Bonchev–Trinajstić information content (AvgIpc) is 1.59. The summed E-state index contributed by atoms with van der Waals surface area (Å²) in [4.78, 5) is 0. The van der Waals surface area contributed by atoms with E-state index in [1.165, 1.54) is 0 Å². The summed E-state index contributed by atoms with van der Waals surface area (Å²) in [5, 5.41) is 9.50. The first-order chi connectivity index (χ1) is 4.36. The third-order valence-corrected chi connectivity index (χ3v) is 2.96. The minimum atomic E-state index is -0.362. The Balaban J connectivity index is 2.50. The van der Waals surface area contributed by atoms with Gasteiger partial charge in [-0.2, -0.15) is 0 Å². The van der Waals surface area contributed by atoms with E-state index in [-0.39, 0.29) is 5.60 Å². The Kier molecular flexibility index (Phi) is 1.59. The van der Waals surface area contributed by atoms with E-state index in [1.807, 2.05) is 6.92 Å². The molecule has 1 aliphatic carbocycles. The molecular weight excluding hydrogens is 124 g/mol. The summed E-state index contributed by atoms with van der Waals surface area (Å²) in [6.07, 6.45) is 1.94. The first-order valence-corrected chi connectivity index (χ1v) is 4.08. The van der Waals surface area contributed by atoms with Crippen LogP contribution in [0.25, 0.3) is 0 Å². The maximum absolute atomic E-state index is 9.50. The highest BCUT2D eigenvalue weighted by Crippen LogP contribution is 2.52. The minimum Gasteiger partial charge on any atom is -0.390 e. The lowest BCUT2D eigenvalue weighted by molar-refractivity contribution is -0.126. The van der Waals surface area contributed by atoms with Crippen LogP contribution in [-0.4, -0.2) is 10.7 Å². The summed E-state index contributed by atoms with van der Waals surface area (Å²) < 4.78 is 0. The van der Waals surface area contributed by atoms with Gasteiger partial charge < -0.3 is 5.11 Å². The van der Waals surface area contributed by atoms with Gasteiger partial charge in [-0.15, -0.1) is 0 Å². The Hall–Kier alpha value is -0.0400. The molecule has 1 rings (SSSR count). The first kappa shape index (κ1) is 8.06. The molecular formula is C9H18O. The summed E-state index contributed by atoms with van der Waals surface area (Å²) in [5.74, 6) is 0.702. The molecule has 0 amide bonds. The van der Waals surface area contributed by atoms with Crippen LogP contribution in [0, 0.1) is 11.3 Å². The molecule has 0 atom stereocenters. The number of rotatable bonds is 1. The molecule has 1 heteroatoms. The zero-order chi connectivity index (χ0) is 7.99. The zero-order valence-corrected chi connectivity index (χ0v) is 7.44.